The van der Waals surface area contributed by atoms with Crippen molar-refractivity contribution in [2.45, 2.75) is 52.1 Å². The second kappa shape index (κ2) is 6.35. The highest BCUT2D eigenvalue weighted by Gasteiger charge is 2.21. The van der Waals surface area contributed by atoms with E-state index in [1.165, 1.54) is 0 Å². The fourth-order valence-corrected chi connectivity index (χ4v) is 1.14. The van der Waals surface area contributed by atoms with Crippen molar-refractivity contribution < 1.29 is 20.4 Å². The van der Waals surface area contributed by atoms with Crippen LogP contribution in [0.4, 0.5) is 0 Å². The maximum Gasteiger partial charge on any atom is 0.156 e. The first-order valence-electron chi connectivity index (χ1n) is 5.08. The Morgan fingerprint density at radius 3 is 1.57 bits per heavy atom. The van der Waals surface area contributed by atoms with Gasteiger partial charge in [0.2, 0.25) is 0 Å². The van der Waals surface area contributed by atoms with Crippen LogP contribution < -0.4 is 0 Å². The molecule has 0 heterocycles. The summed E-state index contributed by atoms with van der Waals surface area (Å²) in [5, 5.41) is 36.5. The lowest BCUT2D eigenvalue weighted by atomic mass is 9.95. The van der Waals surface area contributed by atoms with Crippen LogP contribution in [0.3, 0.4) is 0 Å². The zero-order valence-corrected chi connectivity index (χ0v) is 9.09. The number of hydrogen-bond acceptors (Lipinski definition) is 4. The molecule has 1 unspecified atom stereocenters. The second-order valence-electron chi connectivity index (χ2n) is 4.23. The monoisotopic (exact) mass is 206 g/mol. The van der Waals surface area contributed by atoms with Crippen molar-refractivity contribution in [2.24, 2.45) is 11.8 Å². The third-order valence-electron chi connectivity index (χ3n) is 2.60. The molecule has 0 saturated heterocycles. The molecule has 0 aromatic rings. The van der Waals surface area contributed by atoms with E-state index in [0.29, 0.717) is 12.8 Å². The molecule has 3 atom stereocenters. The van der Waals surface area contributed by atoms with Gasteiger partial charge in [-0.2, -0.15) is 0 Å². The van der Waals surface area contributed by atoms with Gasteiger partial charge in [-0.05, 0) is 18.8 Å². The highest BCUT2D eigenvalue weighted by molar-refractivity contribution is 4.69. The minimum absolute atomic E-state index is 0.163. The van der Waals surface area contributed by atoms with Crippen molar-refractivity contribution in [2.75, 3.05) is 0 Å². The van der Waals surface area contributed by atoms with Gasteiger partial charge in [-0.25, -0.2) is 0 Å². The van der Waals surface area contributed by atoms with Crippen LogP contribution in [0.1, 0.15) is 33.6 Å². The van der Waals surface area contributed by atoms with Crippen LogP contribution >= 0.6 is 0 Å². The molecular formula is C10H22O4. The van der Waals surface area contributed by atoms with E-state index in [-0.39, 0.29) is 5.92 Å². The predicted molar refractivity (Wildman–Crippen MR) is 53.5 cm³/mol. The first-order chi connectivity index (χ1) is 6.36. The van der Waals surface area contributed by atoms with E-state index in [1.807, 2.05) is 13.8 Å². The van der Waals surface area contributed by atoms with E-state index in [9.17, 15) is 10.2 Å². The van der Waals surface area contributed by atoms with Crippen molar-refractivity contribution in [3.63, 3.8) is 0 Å². The van der Waals surface area contributed by atoms with Crippen LogP contribution in [0.25, 0.3) is 0 Å². The Hall–Kier alpha value is -0.160. The van der Waals surface area contributed by atoms with Gasteiger partial charge in [0.1, 0.15) is 0 Å². The molecule has 0 rings (SSSR count). The summed E-state index contributed by atoms with van der Waals surface area (Å²) in [7, 11) is 0. The summed E-state index contributed by atoms with van der Waals surface area (Å²) < 4.78 is 0. The smallest absolute Gasteiger partial charge is 0.156 e. The third kappa shape index (κ3) is 4.91. The van der Waals surface area contributed by atoms with E-state index in [0.717, 1.165) is 0 Å². The molecule has 0 aliphatic heterocycles. The molecule has 0 bridgehead atoms. The highest BCUT2D eigenvalue weighted by Crippen LogP contribution is 2.16. The maximum absolute atomic E-state index is 9.49. The predicted octanol–water partition coefficient (Wildman–Crippen LogP) is 0.0912. The topological polar surface area (TPSA) is 80.9 Å². The standard InChI is InChI=1S/C10H22O4/c1-6(2)8(11)4-5-9(12)7(3)10(13)14/h6-14H,4-5H2,1-3H3/t7?,8-,9-/m0/s1. The average Bonchev–Trinajstić information content (AvgIpc) is 2.11. The summed E-state index contributed by atoms with van der Waals surface area (Å²) in [5.41, 5.74) is 0. The molecule has 0 fully saturated rings. The van der Waals surface area contributed by atoms with Crippen LogP contribution in [0.2, 0.25) is 0 Å². The van der Waals surface area contributed by atoms with E-state index in [1.54, 1.807) is 6.92 Å². The summed E-state index contributed by atoms with van der Waals surface area (Å²) in [5.74, 6) is -0.411. The van der Waals surface area contributed by atoms with Gasteiger partial charge in [0.05, 0.1) is 12.2 Å². The Morgan fingerprint density at radius 2 is 1.21 bits per heavy atom. The first kappa shape index (κ1) is 13.8. The summed E-state index contributed by atoms with van der Waals surface area (Å²) in [4.78, 5) is 0. The fourth-order valence-electron chi connectivity index (χ4n) is 1.14. The fraction of sp³-hybridized carbons (Fsp3) is 1.00. The Balaban J connectivity index is 3.78. The van der Waals surface area contributed by atoms with Crippen LogP contribution in [-0.4, -0.2) is 38.9 Å². The lowest BCUT2D eigenvalue weighted by molar-refractivity contribution is -0.114. The average molecular weight is 206 g/mol. The summed E-state index contributed by atoms with van der Waals surface area (Å²) >= 11 is 0. The Labute approximate surface area is 85.2 Å². The Kier molecular flexibility index (Phi) is 6.27. The van der Waals surface area contributed by atoms with Gasteiger partial charge in [0, 0.05) is 5.92 Å². The Bertz CT molecular complexity index is 147. The zero-order chi connectivity index (χ0) is 11.3. The van der Waals surface area contributed by atoms with Crippen molar-refractivity contribution in [1.82, 2.24) is 0 Å². The van der Waals surface area contributed by atoms with Crippen LogP contribution in [0.5, 0.6) is 0 Å². The lowest BCUT2D eigenvalue weighted by Gasteiger charge is -2.22. The van der Waals surface area contributed by atoms with E-state index in [4.69, 9.17) is 10.2 Å². The van der Waals surface area contributed by atoms with Crippen molar-refractivity contribution in [1.29, 1.82) is 0 Å². The molecule has 0 aromatic heterocycles. The van der Waals surface area contributed by atoms with Crippen LogP contribution in [0, 0.1) is 11.8 Å². The van der Waals surface area contributed by atoms with Crippen molar-refractivity contribution in [3.05, 3.63) is 0 Å². The van der Waals surface area contributed by atoms with Crippen LogP contribution in [-0.2, 0) is 0 Å². The van der Waals surface area contributed by atoms with Gasteiger partial charge >= 0.3 is 0 Å². The largest absolute Gasteiger partial charge is 0.393 e. The van der Waals surface area contributed by atoms with Gasteiger partial charge < -0.3 is 20.4 Å². The molecule has 0 aliphatic rings. The summed E-state index contributed by atoms with van der Waals surface area (Å²) in [6.07, 6.45) is -1.84. The molecule has 14 heavy (non-hydrogen) atoms. The number of aliphatic hydroxyl groups is 4. The molecule has 0 spiro atoms. The lowest BCUT2D eigenvalue weighted by Crippen LogP contribution is -2.30. The van der Waals surface area contributed by atoms with Gasteiger partial charge in [0.25, 0.3) is 0 Å². The van der Waals surface area contributed by atoms with Crippen molar-refractivity contribution in [3.8, 4) is 0 Å². The van der Waals surface area contributed by atoms with Gasteiger partial charge in [-0.1, -0.05) is 20.8 Å². The normalized spacial score (nSPS) is 18.6. The maximum atomic E-state index is 9.49. The molecule has 4 N–H and O–H groups in total. The SMILES string of the molecule is CC(C)[C@@H](O)CC[C@H](O)C(C)C(O)O. The van der Waals surface area contributed by atoms with Crippen molar-refractivity contribution >= 4 is 0 Å². The Morgan fingerprint density at radius 1 is 0.786 bits per heavy atom. The molecule has 0 aromatic carbocycles. The van der Waals surface area contributed by atoms with Crippen LogP contribution in [0.15, 0.2) is 0 Å². The zero-order valence-electron chi connectivity index (χ0n) is 9.09. The van der Waals surface area contributed by atoms with Gasteiger partial charge in [-0.15, -0.1) is 0 Å². The van der Waals surface area contributed by atoms with E-state index < -0.39 is 24.4 Å². The molecule has 86 valence electrons. The minimum Gasteiger partial charge on any atom is -0.393 e. The molecule has 0 aliphatic carbocycles. The van der Waals surface area contributed by atoms with E-state index >= 15 is 0 Å². The molecule has 0 saturated carbocycles. The van der Waals surface area contributed by atoms with Gasteiger partial charge in [0.15, 0.2) is 6.29 Å². The molecule has 4 nitrogen and oxygen atoms in total. The first-order valence-corrected chi connectivity index (χ1v) is 5.08. The second-order valence-corrected chi connectivity index (χ2v) is 4.23. The number of hydrogen-bond donors (Lipinski definition) is 4. The third-order valence-corrected chi connectivity index (χ3v) is 2.60. The van der Waals surface area contributed by atoms with Gasteiger partial charge in [-0.3, -0.25) is 0 Å². The summed E-state index contributed by atoms with van der Waals surface area (Å²) in [6, 6.07) is 0. The quantitative estimate of drug-likeness (QED) is 0.464. The van der Waals surface area contributed by atoms with E-state index in [2.05, 4.69) is 0 Å². The minimum atomic E-state index is -1.50. The molecule has 0 amide bonds. The number of aliphatic hydroxyl groups excluding tert-OH is 3. The summed E-state index contributed by atoms with van der Waals surface area (Å²) in [6.45, 7) is 5.37. The number of rotatable bonds is 6. The molecule has 4 heteroatoms. The highest BCUT2D eigenvalue weighted by atomic mass is 16.5. The molecule has 0 radical (unpaired) electrons. The molecular weight excluding hydrogens is 184 g/mol.